The second-order valence-corrected chi connectivity index (χ2v) is 6.58. The third kappa shape index (κ3) is 7.14. The molecule has 0 aliphatic heterocycles. The summed E-state index contributed by atoms with van der Waals surface area (Å²) in [5.41, 5.74) is 0.937. The summed E-state index contributed by atoms with van der Waals surface area (Å²) in [6, 6.07) is 6.67. The van der Waals surface area contributed by atoms with Gasteiger partial charge >= 0.3 is 22.0 Å². The minimum atomic E-state index is -1.42. The van der Waals surface area contributed by atoms with Gasteiger partial charge in [0.15, 0.2) is 0 Å². The number of nitrogens with one attached hydrogen (secondary N) is 2. The number of carbonyl (C=O) groups excluding carboxylic acids is 2. The predicted molar refractivity (Wildman–Crippen MR) is 85.7 cm³/mol. The molecule has 0 aliphatic rings. The molecule has 1 rings (SSSR count). The van der Waals surface area contributed by atoms with Gasteiger partial charge in [-0.3, -0.25) is 9.59 Å². The Morgan fingerprint density at radius 3 is 2.29 bits per heavy atom. The van der Waals surface area contributed by atoms with Crippen LogP contribution in [0.3, 0.4) is 0 Å². The van der Waals surface area contributed by atoms with Crippen molar-refractivity contribution < 1.29 is 38.1 Å². The van der Waals surface area contributed by atoms with Crippen molar-refractivity contribution in [1.29, 1.82) is 0 Å². The molecule has 2 N–H and O–H groups in total. The van der Waals surface area contributed by atoms with Gasteiger partial charge < -0.3 is 14.1 Å². The number of amides is 2. The first-order chi connectivity index (χ1) is 11.5. The van der Waals surface area contributed by atoms with Crippen molar-refractivity contribution in [3.63, 3.8) is 0 Å². The molecule has 2 atom stereocenters. The molecule has 1 aromatic rings. The van der Waals surface area contributed by atoms with E-state index in [1.807, 2.05) is 20.8 Å². The van der Waals surface area contributed by atoms with Gasteiger partial charge in [-0.2, -0.15) is 0 Å². The fourth-order valence-electron chi connectivity index (χ4n) is 2.04. The molecule has 0 fully saturated rings. The van der Waals surface area contributed by atoms with Crippen LogP contribution < -0.4 is 36.1 Å². The Morgan fingerprint density at radius 1 is 1.17 bits per heavy atom. The van der Waals surface area contributed by atoms with Crippen molar-refractivity contribution in [2.45, 2.75) is 39.7 Å². The summed E-state index contributed by atoms with van der Waals surface area (Å²) < 4.78 is 15.7. The lowest BCUT2D eigenvalue weighted by Crippen LogP contribution is -3.70. The normalized spacial score (nSPS) is 13.2. The highest BCUT2D eigenvalue weighted by Crippen LogP contribution is 2.09. The summed E-state index contributed by atoms with van der Waals surface area (Å²) in [7, 11) is 0. The Hall–Kier alpha value is -1.19. The molecule has 0 saturated carbocycles. The molecule has 7 heteroatoms. The zero-order chi connectivity index (χ0) is 17.9. The molecule has 1 aromatic carbocycles. The van der Waals surface area contributed by atoms with E-state index in [-0.39, 0.29) is 23.8 Å². The van der Waals surface area contributed by atoms with Crippen molar-refractivity contribution in [2.24, 2.45) is 5.92 Å². The first-order valence-electron chi connectivity index (χ1n) is 8.08. The average Bonchev–Trinajstić information content (AvgIpc) is 2.59. The van der Waals surface area contributed by atoms with Crippen LogP contribution in [0, 0.1) is 5.92 Å². The minimum absolute atomic E-state index is 0.0854. The van der Waals surface area contributed by atoms with Crippen molar-refractivity contribution >= 4 is 11.8 Å². The summed E-state index contributed by atoms with van der Waals surface area (Å²) >= 11 is -1.42. The Labute approximate surface area is 154 Å². The molecule has 0 saturated heterocycles. The lowest BCUT2D eigenvalue weighted by molar-refractivity contribution is -1.27. The van der Waals surface area contributed by atoms with Crippen molar-refractivity contribution in [3.05, 3.63) is 35.4 Å². The molecule has 24 heavy (non-hydrogen) atoms. The van der Waals surface area contributed by atoms with Crippen LogP contribution in [0.25, 0.3) is 0 Å². The molecular formula is C17H25IN2O4. The summed E-state index contributed by atoms with van der Waals surface area (Å²) in [4.78, 5) is 24.1. The predicted octanol–water partition coefficient (Wildman–Crippen LogP) is -1.73. The maximum Gasteiger partial charge on any atom is 0.453 e. The molecule has 6 nitrogen and oxygen atoms in total. The van der Waals surface area contributed by atoms with E-state index in [1.54, 1.807) is 24.3 Å². The van der Waals surface area contributed by atoms with Crippen LogP contribution in [0.1, 0.15) is 54.3 Å². The molecule has 0 radical (unpaired) electrons. The number of benzene rings is 1. The van der Waals surface area contributed by atoms with Gasteiger partial charge in [0, 0.05) is 24.2 Å². The van der Waals surface area contributed by atoms with E-state index in [2.05, 4.69) is 10.6 Å². The van der Waals surface area contributed by atoms with Gasteiger partial charge in [0.05, 0.1) is 0 Å². The molecular weight excluding hydrogens is 423 g/mol. The van der Waals surface area contributed by atoms with Crippen LogP contribution in [0.2, 0.25) is 0 Å². The number of hydrogen-bond donors (Lipinski definition) is 2. The largest absolute Gasteiger partial charge is 0.567 e. The zero-order valence-electron chi connectivity index (χ0n) is 14.3. The van der Waals surface area contributed by atoms with Crippen molar-refractivity contribution in [3.8, 4) is 0 Å². The maximum atomic E-state index is 12.2. The molecule has 0 aromatic heterocycles. The van der Waals surface area contributed by atoms with E-state index in [0.717, 1.165) is 12.8 Å². The van der Waals surface area contributed by atoms with Crippen molar-refractivity contribution in [1.82, 2.24) is 10.6 Å². The first kappa shape index (κ1) is 20.9. The van der Waals surface area contributed by atoms with Gasteiger partial charge in [-0.05, 0) is 43.9 Å². The quantitative estimate of drug-likeness (QED) is 0.417. The number of hydrogen-bond acceptors (Lipinski definition) is 4. The molecule has 0 bridgehead atoms. The summed E-state index contributed by atoms with van der Waals surface area (Å²) in [6.07, 6.45) is 1.51. The molecule has 0 heterocycles. The van der Waals surface area contributed by atoms with Crippen LogP contribution >= 0.6 is 0 Å². The summed E-state index contributed by atoms with van der Waals surface area (Å²) in [5, 5.41) is 5.63. The summed E-state index contributed by atoms with van der Waals surface area (Å²) in [5.74, 6) is -0.186. The van der Waals surface area contributed by atoms with Crippen LogP contribution in [0.5, 0.6) is 0 Å². The van der Waals surface area contributed by atoms with Gasteiger partial charge in [-0.25, -0.2) is 0 Å². The minimum Gasteiger partial charge on any atom is -0.567 e. The monoisotopic (exact) mass is 448 g/mol. The maximum absolute atomic E-state index is 12.2. The Balaban J connectivity index is 2.52. The van der Waals surface area contributed by atoms with Crippen molar-refractivity contribution in [2.75, 3.05) is 13.1 Å². The molecule has 0 spiro atoms. The fraction of sp³-hybridized carbons (Fsp3) is 0.529. The SMILES string of the molecule is CCCNC(=O)c1cccc(C(=O)NCCC(C)C(C)O[I+][O-])c1. The van der Waals surface area contributed by atoms with Crippen LogP contribution in [0.15, 0.2) is 24.3 Å². The van der Waals surface area contributed by atoms with Gasteiger partial charge in [0.25, 0.3) is 11.8 Å². The number of halogens is 1. The summed E-state index contributed by atoms with van der Waals surface area (Å²) in [6.45, 7) is 6.96. The van der Waals surface area contributed by atoms with E-state index in [9.17, 15) is 13.0 Å². The molecule has 2 amide bonds. The fourth-order valence-corrected chi connectivity index (χ4v) is 2.87. The Morgan fingerprint density at radius 2 is 1.75 bits per heavy atom. The third-order valence-electron chi connectivity index (χ3n) is 3.79. The molecule has 2 unspecified atom stereocenters. The lowest BCUT2D eigenvalue weighted by atomic mass is 10.0. The highest BCUT2D eigenvalue weighted by Gasteiger charge is 2.17. The van der Waals surface area contributed by atoms with Crippen LogP contribution in [-0.2, 0) is 3.07 Å². The van der Waals surface area contributed by atoms with Crippen LogP contribution in [-0.4, -0.2) is 31.0 Å². The van der Waals surface area contributed by atoms with E-state index in [4.69, 9.17) is 3.07 Å². The zero-order valence-corrected chi connectivity index (χ0v) is 16.5. The highest BCUT2D eigenvalue weighted by molar-refractivity contribution is 5.99. The van der Waals surface area contributed by atoms with E-state index in [0.29, 0.717) is 24.2 Å². The molecule has 134 valence electrons. The average molecular weight is 448 g/mol. The van der Waals surface area contributed by atoms with E-state index in [1.165, 1.54) is 0 Å². The highest BCUT2D eigenvalue weighted by atomic mass is 127. The molecule has 0 aliphatic carbocycles. The standard InChI is InChI=1S/C17H25IN2O4/c1-4-9-19-16(21)14-6-5-7-15(11-14)17(22)20-10-8-12(2)13(3)24-18-23/h5-7,11-13H,4,8-10H2,1-3H3,(H,19,21)(H,20,22). The van der Waals surface area contributed by atoms with Gasteiger partial charge in [0.1, 0.15) is 6.10 Å². The van der Waals surface area contributed by atoms with Gasteiger partial charge in [0.2, 0.25) is 0 Å². The second kappa shape index (κ2) is 11.4. The Bertz CT molecular complexity index is 539. The van der Waals surface area contributed by atoms with Gasteiger partial charge in [-0.15, -0.1) is 3.07 Å². The van der Waals surface area contributed by atoms with E-state index < -0.39 is 22.0 Å². The first-order valence-corrected chi connectivity index (χ1v) is 9.85. The lowest BCUT2D eigenvalue weighted by Gasteiger charge is -2.15. The number of carbonyl (C=O) groups is 2. The van der Waals surface area contributed by atoms with Crippen LogP contribution in [0.4, 0.5) is 0 Å². The smallest absolute Gasteiger partial charge is 0.453 e. The topological polar surface area (TPSA) is 90.5 Å². The third-order valence-corrected chi connectivity index (χ3v) is 4.80. The van der Waals surface area contributed by atoms with Gasteiger partial charge in [-0.1, -0.05) is 19.9 Å². The Kier molecular flexibility index (Phi) is 9.89. The number of rotatable bonds is 10. The second-order valence-electron chi connectivity index (χ2n) is 5.72. The van der Waals surface area contributed by atoms with E-state index >= 15 is 0 Å².